The second-order valence-electron chi connectivity index (χ2n) is 8.55. The molecule has 1 fully saturated rings. The molecule has 0 amide bonds. The number of aliphatic carboxylic acids is 1. The summed E-state index contributed by atoms with van der Waals surface area (Å²) in [4.78, 5) is 18.3. The first-order valence-electron chi connectivity index (χ1n) is 11.9. The van der Waals surface area contributed by atoms with Crippen LogP contribution in [0.2, 0.25) is 0 Å². The van der Waals surface area contributed by atoms with Crippen LogP contribution in [-0.2, 0) is 15.7 Å². The highest BCUT2D eigenvalue weighted by atomic mass is 32.2. The number of morpholine rings is 1. The van der Waals surface area contributed by atoms with Crippen LogP contribution in [0.5, 0.6) is 17.4 Å². The number of halogens is 3. The van der Waals surface area contributed by atoms with Gasteiger partial charge in [-0.05, 0) is 61.0 Å². The zero-order valence-electron chi connectivity index (χ0n) is 21.0. The predicted molar refractivity (Wildman–Crippen MR) is 138 cm³/mol. The monoisotopic (exact) mass is 558 g/mol. The smallest absolute Gasteiger partial charge is 0.421 e. The van der Waals surface area contributed by atoms with Crippen molar-refractivity contribution in [2.45, 2.75) is 22.9 Å². The quantitative estimate of drug-likeness (QED) is 0.363. The van der Waals surface area contributed by atoms with Crippen LogP contribution in [0.1, 0.15) is 16.7 Å². The van der Waals surface area contributed by atoms with Gasteiger partial charge in [0.15, 0.2) is 6.61 Å². The molecule has 4 rings (SSSR count). The molecule has 204 valence electrons. The van der Waals surface area contributed by atoms with Crippen LogP contribution in [0.3, 0.4) is 0 Å². The van der Waals surface area contributed by atoms with Crippen LogP contribution in [-0.4, -0.2) is 60.4 Å². The van der Waals surface area contributed by atoms with Crippen molar-refractivity contribution >= 4 is 17.7 Å². The van der Waals surface area contributed by atoms with Gasteiger partial charge >= 0.3 is 12.1 Å². The van der Waals surface area contributed by atoms with E-state index in [1.807, 2.05) is 12.1 Å². The zero-order chi connectivity index (χ0) is 27.8. The Morgan fingerprint density at radius 2 is 1.95 bits per heavy atom. The molecule has 39 heavy (non-hydrogen) atoms. The third-order valence-corrected chi connectivity index (χ3v) is 6.50. The van der Waals surface area contributed by atoms with Gasteiger partial charge in [-0.1, -0.05) is 23.6 Å². The standard InChI is InChI=1S/C28H25F3N2O5S/c1-19-14-22(6-7-25(19)37-18-26(34)35)39-23-16-20(4-3-9-33-10-12-36-13-11-33)15-21(17-23)38-27-24(28(29,30)31)5-2-8-32-27/h2,5-8,14-17H,9-13,18H2,1H3,(H,34,35). The molecular weight excluding hydrogens is 533 g/mol. The van der Waals surface area contributed by atoms with Crippen LogP contribution in [0.4, 0.5) is 13.2 Å². The summed E-state index contributed by atoms with van der Waals surface area (Å²) in [5, 5.41) is 8.84. The minimum atomic E-state index is -4.63. The molecule has 1 aliphatic heterocycles. The number of nitrogens with zero attached hydrogens (tertiary/aromatic N) is 2. The summed E-state index contributed by atoms with van der Waals surface area (Å²) in [6.45, 7) is 4.74. The van der Waals surface area contributed by atoms with Crippen molar-refractivity contribution in [3.05, 3.63) is 71.4 Å². The SMILES string of the molecule is Cc1cc(Sc2cc(C#CCN3CCOCC3)cc(Oc3ncccc3C(F)(F)F)c2)ccc1OCC(=O)O. The largest absolute Gasteiger partial charge is 0.482 e. The number of alkyl halides is 3. The number of benzene rings is 2. The molecule has 0 unspecified atom stereocenters. The maximum Gasteiger partial charge on any atom is 0.421 e. The Kier molecular flexibility index (Phi) is 9.35. The van der Waals surface area contributed by atoms with Gasteiger partial charge in [0.25, 0.3) is 0 Å². The summed E-state index contributed by atoms with van der Waals surface area (Å²) >= 11 is 1.36. The molecule has 3 aromatic rings. The molecule has 2 heterocycles. The Hall–Kier alpha value is -3.72. The summed E-state index contributed by atoms with van der Waals surface area (Å²) in [6, 6.07) is 12.4. The average molecular weight is 559 g/mol. The lowest BCUT2D eigenvalue weighted by Gasteiger charge is -2.24. The first-order valence-corrected chi connectivity index (χ1v) is 12.8. The van der Waals surface area contributed by atoms with E-state index in [1.54, 1.807) is 31.2 Å². The van der Waals surface area contributed by atoms with E-state index in [2.05, 4.69) is 21.7 Å². The minimum Gasteiger partial charge on any atom is -0.482 e. The van der Waals surface area contributed by atoms with E-state index in [9.17, 15) is 18.0 Å². The normalized spacial score (nSPS) is 13.8. The molecule has 11 heteroatoms. The molecule has 2 aromatic carbocycles. The highest BCUT2D eigenvalue weighted by molar-refractivity contribution is 7.99. The molecule has 1 aromatic heterocycles. The Morgan fingerprint density at radius 3 is 2.67 bits per heavy atom. The van der Waals surface area contributed by atoms with Gasteiger partial charge in [0.1, 0.15) is 17.1 Å². The molecule has 7 nitrogen and oxygen atoms in total. The van der Waals surface area contributed by atoms with Gasteiger partial charge < -0.3 is 19.3 Å². The van der Waals surface area contributed by atoms with Crippen LogP contribution >= 0.6 is 11.8 Å². The minimum absolute atomic E-state index is 0.165. The fraction of sp³-hybridized carbons (Fsp3) is 0.286. The van der Waals surface area contributed by atoms with E-state index in [4.69, 9.17) is 19.3 Å². The molecule has 0 radical (unpaired) electrons. The van der Waals surface area contributed by atoms with Crippen molar-refractivity contribution in [3.8, 4) is 29.2 Å². The van der Waals surface area contributed by atoms with Gasteiger partial charge in [0, 0.05) is 34.6 Å². The summed E-state index contributed by atoms with van der Waals surface area (Å²) in [7, 11) is 0. The highest BCUT2D eigenvalue weighted by Gasteiger charge is 2.35. The molecule has 1 N–H and O–H groups in total. The second-order valence-corrected chi connectivity index (χ2v) is 9.70. The number of ether oxygens (including phenoxy) is 3. The first kappa shape index (κ1) is 28.3. The lowest BCUT2D eigenvalue weighted by atomic mass is 10.2. The van der Waals surface area contributed by atoms with Crippen LogP contribution in [0.15, 0.2) is 64.5 Å². The van der Waals surface area contributed by atoms with Gasteiger partial charge in [-0.3, -0.25) is 4.90 Å². The van der Waals surface area contributed by atoms with Crippen molar-refractivity contribution in [2.75, 3.05) is 39.5 Å². The molecular formula is C28H25F3N2O5S. The number of aryl methyl sites for hydroxylation is 1. The van der Waals surface area contributed by atoms with Gasteiger partial charge in [-0.15, -0.1) is 0 Å². The number of pyridine rings is 1. The number of rotatable bonds is 8. The zero-order valence-corrected chi connectivity index (χ0v) is 21.8. The molecule has 0 aliphatic carbocycles. The molecule has 0 saturated carbocycles. The van der Waals surface area contributed by atoms with E-state index >= 15 is 0 Å². The van der Waals surface area contributed by atoms with Gasteiger partial charge in [-0.25, -0.2) is 9.78 Å². The Bertz CT molecular complexity index is 1380. The number of hydrogen-bond acceptors (Lipinski definition) is 7. The third-order valence-electron chi connectivity index (χ3n) is 5.54. The fourth-order valence-corrected chi connectivity index (χ4v) is 4.70. The highest BCUT2D eigenvalue weighted by Crippen LogP contribution is 2.38. The summed E-state index contributed by atoms with van der Waals surface area (Å²) in [6.07, 6.45) is -3.39. The number of carbonyl (C=O) groups is 1. The van der Waals surface area contributed by atoms with Crippen LogP contribution < -0.4 is 9.47 Å². The maximum absolute atomic E-state index is 13.5. The maximum atomic E-state index is 13.5. The number of carboxylic acids is 1. The average Bonchev–Trinajstić information content (AvgIpc) is 2.88. The van der Waals surface area contributed by atoms with Crippen molar-refractivity contribution in [1.82, 2.24) is 9.88 Å². The topological polar surface area (TPSA) is 81.1 Å². The number of hydrogen-bond donors (Lipinski definition) is 1. The van der Waals surface area contributed by atoms with E-state index in [0.717, 1.165) is 29.6 Å². The van der Waals surface area contributed by atoms with Crippen LogP contribution in [0.25, 0.3) is 0 Å². The van der Waals surface area contributed by atoms with Crippen molar-refractivity contribution < 1.29 is 37.3 Å². The van der Waals surface area contributed by atoms with Crippen molar-refractivity contribution in [2.24, 2.45) is 0 Å². The van der Waals surface area contributed by atoms with E-state index in [0.29, 0.717) is 36.0 Å². The van der Waals surface area contributed by atoms with Crippen LogP contribution in [0, 0.1) is 18.8 Å². The van der Waals surface area contributed by atoms with E-state index in [-0.39, 0.29) is 5.75 Å². The first-order chi connectivity index (χ1) is 18.7. The summed E-state index contributed by atoms with van der Waals surface area (Å²) in [5.74, 6) is 5.21. The summed E-state index contributed by atoms with van der Waals surface area (Å²) < 4.78 is 56.8. The van der Waals surface area contributed by atoms with Gasteiger partial charge in [0.05, 0.1) is 19.8 Å². The molecule has 0 bridgehead atoms. The lowest BCUT2D eigenvalue weighted by Crippen LogP contribution is -2.36. The Labute approximate surface area is 227 Å². The predicted octanol–water partition coefficient (Wildman–Crippen LogP) is 5.50. The van der Waals surface area contributed by atoms with Gasteiger partial charge in [-0.2, -0.15) is 13.2 Å². The van der Waals surface area contributed by atoms with E-state index in [1.165, 1.54) is 24.0 Å². The molecule has 1 saturated heterocycles. The van der Waals surface area contributed by atoms with E-state index < -0.39 is 30.2 Å². The molecule has 1 aliphatic rings. The van der Waals surface area contributed by atoms with Gasteiger partial charge in [0.2, 0.25) is 5.88 Å². The summed E-state index contributed by atoms with van der Waals surface area (Å²) in [5.41, 5.74) is 0.337. The second kappa shape index (κ2) is 12.9. The lowest BCUT2D eigenvalue weighted by molar-refractivity contribution is -0.140. The Morgan fingerprint density at radius 1 is 1.15 bits per heavy atom. The third kappa shape index (κ3) is 8.38. The number of carboxylic acid groups (broad SMARTS) is 1. The number of aromatic nitrogens is 1. The Balaban J connectivity index is 1.61. The molecule has 0 atom stereocenters. The van der Waals surface area contributed by atoms with Crippen molar-refractivity contribution in [3.63, 3.8) is 0 Å². The molecule has 0 spiro atoms. The van der Waals surface area contributed by atoms with Crippen molar-refractivity contribution in [1.29, 1.82) is 0 Å². The fourth-order valence-electron chi connectivity index (χ4n) is 3.70.